The fourth-order valence-electron chi connectivity index (χ4n) is 13.3. The maximum Gasteiger partial charge on any atom is 0.407 e. The number of alkyl carbamates (subject to hydrolysis) is 2. The Kier molecular flexibility index (Phi) is 48.7. The number of hydrogen-bond acceptors (Lipinski definition) is 15. The van der Waals surface area contributed by atoms with Crippen molar-refractivity contribution in [3.63, 3.8) is 0 Å². The van der Waals surface area contributed by atoms with E-state index in [1.54, 1.807) is 0 Å². The van der Waals surface area contributed by atoms with E-state index in [0.29, 0.717) is 58.2 Å². The normalized spacial score (nSPS) is 12.1. The summed E-state index contributed by atoms with van der Waals surface area (Å²) >= 11 is 0. The van der Waals surface area contributed by atoms with Gasteiger partial charge in [-0.25, -0.2) is 22.8 Å². The fourth-order valence-corrected chi connectivity index (χ4v) is 13.3. The summed E-state index contributed by atoms with van der Waals surface area (Å²) in [7, 11) is -1.00. The molecule has 2 aliphatic rings. The summed E-state index contributed by atoms with van der Waals surface area (Å²) in [6, 6.07) is 31.8. The molecule has 0 spiro atoms. The van der Waals surface area contributed by atoms with Crippen molar-refractivity contribution in [2.75, 3.05) is 40.0 Å². The minimum atomic E-state index is -2.29. The van der Waals surface area contributed by atoms with E-state index in [9.17, 15) is 59.9 Å². The number of carboxylic acid groups (broad SMARTS) is 1. The smallest absolute Gasteiger partial charge is 0.407 e. The first-order valence-electron chi connectivity index (χ1n) is 41.2. The minimum Gasteiger partial charge on any atom is -0.480 e. The monoisotopic (exact) mass is 1600 g/mol. The lowest BCUT2D eigenvalue weighted by atomic mass is 9.98. The molecular weight excluding hydrogens is 1480 g/mol. The van der Waals surface area contributed by atoms with Gasteiger partial charge in [-0.15, -0.1) is 0 Å². The number of nitrogens with two attached hydrogens (primary N) is 1. The summed E-state index contributed by atoms with van der Waals surface area (Å²) in [4.78, 5) is 98.3. The lowest BCUT2D eigenvalue weighted by Crippen LogP contribution is -2.35. The molecule has 114 heavy (non-hydrogen) atoms. The van der Waals surface area contributed by atoms with E-state index in [4.69, 9.17) is 40.7 Å². The zero-order chi connectivity index (χ0) is 84.8. The highest BCUT2D eigenvalue weighted by atomic mass is 19.2. The minimum absolute atomic E-state index is 0.000531. The molecule has 0 saturated heterocycles. The van der Waals surface area contributed by atoms with Crippen LogP contribution in [0.15, 0.2) is 97.1 Å². The number of fused-ring (bicyclic) bond motifs is 6. The Bertz CT molecular complexity index is 3620. The van der Waals surface area contributed by atoms with Crippen LogP contribution in [0.2, 0.25) is 0 Å². The molecule has 0 fully saturated rings. The van der Waals surface area contributed by atoms with E-state index < -0.39 is 77.8 Å². The first-order chi connectivity index (χ1) is 55.1. The van der Waals surface area contributed by atoms with Crippen LogP contribution >= 0.6 is 0 Å². The molecule has 0 aliphatic heterocycles. The highest BCUT2D eigenvalue weighted by Crippen LogP contribution is 2.46. The SMILES string of the molecule is CC(C)(C)OC(=O)CCCCCCCCCCCCCCCCC(=O)NCCCNC(=O)OCC1c2ccccc2-c2ccccc21.CC(C)(C)OC(=O)CCCCCCCCCCCCCCCCC(=O)Oc1c(F)c(F)c(F)c(F)c1F.N[C@@H](CCNC(=O)OCC1c2ccccc2-c2ccccc21)C(=O)O.O=C=O.[2H]CF. The van der Waals surface area contributed by atoms with Crippen molar-refractivity contribution in [3.05, 3.63) is 148 Å². The Balaban J connectivity index is 0.000000448. The summed E-state index contributed by atoms with van der Waals surface area (Å²) in [5, 5.41) is 17.0. The number of carbonyl (C=O) groups excluding carboxylic acids is 8. The molecule has 0 unspecified atom stereocenters. The highest BCUT2D eigenvalue weighted by Gasteiger charge is 2.32. The third kappa shape index (κ3) is 40.3. The molecular formula is C89H124F6N4O15. The summed E-state index contributed by atoms with van der Waals surface area (Å²) in [6.45, 7) is 13.1. The number of nitrogens with one attached hydrogen (secondary N) is 3. The Morgan fingerprint density at radius 3 is 0.991 bits per heavy atom. The summed E-state index contributed by atoms with van der Waals surface area (Å²) in [5.41, 5.74) is 14.0. The van der Waals surface area contributed by atoms with Crippen LogP contribution in [0.1, 0.15) is 295 Å². The number of unbranched alkanes of at least 4 members (excludes halogenated alkanes) is 26. The van der Waals surface area contributed by atoms with E-state index in [1.165, 1.54) is 130 Å². The van der Waals surface area contributed by atoms with Crippen LogP contribution in [0, 0.1) is 29.1 Å². The van der Waals surface area contributed by atoms with Crippen molar-refractivity contribution < 1.29 is 99.7 Å². The molecule has 0 saturated carbocycles. The second kappa shape index (κ2) is 57.0. The molecule has 0 heterocycles. The van der Waals surface area contributed by atoms with Gasteiger partial charge in [-0.3, -0.25) is 28.4 Å². The molecule has 6 N–H and O–H groups in total. The number of esters is 3. The number of ether oxygens (including phenoxy) is 5. The Labute approximate surface area is 671 Å². The Morgan fingerprint density at radius 2 is 0.684 bits per heavy atom. The maximum atomic E-state index is 13.5. The molecule has 5 aromatic carbocycles. The number of alkyl halides is 1. The van der Waals surface area contributed by atoms with Gasteiger partial charge < -0.3 is 50.5 Å². The topological polar surface area (TPSA) is 282 Å². The van der Waals surface area contributed by atoms with Crippen molar-refractivity contribution in [1.82, 2.24) is 16.0 Å². The maximum absolute atomic E-state index is 13.5. The second-order valence-corrected chi connectivity index (χ2v) is 30.5. The largest absolute Gasteiger partial charge is 0.480 e. The number of benzene rings is 5. The summed E-state index contributed by atoms with van der Waals surface area (Å²) < 4.78 is 108. The molecule has 5 aromatic rings. The fraction of sp³-hybridized carbons (Fsp3) is 0.573. The third-order valence-corrected chi connectivity index (χ3v) is 18.9. The molecule has 25 heteroatoms. The van der Waals surface area contributed by atoms with Gasteiger partial charge in [-0.1, -0.05) is 251 Å². The number of hydrogen-bond donors (Lipinski definition) is 5. The van der Waals surface area contributed by atoms with Crippen LogP contribution < -0.4 is 26.4 Å². The predicted octanol–water partition coefficient (Wildman–Crippen LogP) is 20.8. The number of rotatable bonds is 47. The van der Waals surface area contributed by atoms with Crippen LogP contribution in [0.4, 0.5) is 35.9 Å². The van der Waals surface area contributed by atoms with Crippen LogP contribution in [-0.2, 0) is 52.5 Å². The predicted molar refractivity (Wildman–Crippen MR) is 427 cm³/mol. The number of carbonyl (C=O) groups is 7. The van der Waals surface area contributed by atoms with Gasteiger partial charge in [-0.2, -0.15) is 18.4 Å². The molecule has 2 aliphatic carbocycles. The van der Waals surface area contributed by atoms with Gasteiger partial charge in [0, 0.05) is 57.2 Å². The van der Waals surface area contributed by atoms with Crippen molar-refractivity contribution in [3.8, 4) is 28.0 Å². The standard InChI is InChI=1S/C40H60N2O5.C28H41F5O4.C19H20N2O4.CH3F.CO2/c1-40(2,3)47-38(44)28-17-15-13-11-9-7-5-4-6-8-10-12-14-16-27-37(43)41-29-22-30-42-39(45)46-31-36-34-25-20-18-23-32(34)33-24-19-21-26-35(33)36;1-28(2,3)37-21(35)19-17-15-13-11-9-7-5-4-6-8-10-12-14-16-18-20(34)36-27-25(32)23(30)22(29)24(31)26(27)33;20-17(18(22)23)9-10-21-19(24)25-11-16-14-7-3-1-5-12(14)13-6-2-4-8-15(13)16;1-2;2-1-3/h18-21,23-26,36H,4-17,22,27-31H2,1-3H3,(H,41,43)(H,42,45);4-19H2,1-3H3;1-8,16-17H,9-11,20H2,(H,21,24)(H,22,23);1H3;/t;;17-;;/m..0../s1/i;;;1D;. The quantitative estimate of drug-likeness (QED) is 0.00460. The highest BCUT2D eigenvalue weighted by molar-refractivity contribution is 5.81. The van der Waals surface area contributed by atoms with Crippen LogP contribution in [-0.4, -0.2) is 110 Å². The average molecular weight is 1600 g/mol. The second-order valence-electron chi connectivity index (χ2n) is 30.5. The molecule has 0 aromatic heterocycles. The number of halogens is 6. The molecule has 7 rings (SSSR count). The van der Waals surface area contributed by atoms with Crippen molar-refractivity contribution in [2.45, 2.75) is 289 Å². The van der Waals surface area contributed by atoms with Crippen LogP contribution in [0.3, 0.4) is 0 Å². The molecule has 3 amide bonds. The summed E-state index contributed by atoms with van der Waals surface area (Å²) in [5.74, 6) is -14.6. The third-order valence-electron chi connectivity index (χ3n) is 18.9. The van der Waals surface area contributed by atoms with E-state index >= 15 is 0 Å². The zero-order valence-electron chi connectivity index (χ0n) is 68.8. The van der Waals surface area contributed by atoms with Gasteiger partial charge in [-0.05, 0) is 125 Å². The molecule has 632 valence electrons. The lowest BCUT2D eigenvalue weighted by molar-refractivity contribution is -0.192. The molecule has 0 radical (unpaired) electrons. The van der Waals surface area contributed by atoms with E-state index in [0.717, 1.165) is 81.8 Å². The van der Waals surface area contributed by atoms with E-state index in [2.05, 4.69) is 57.1 Å². The van der Waals surface area contributed by atoms with Crippen LogP contribution in [0.5, 0.6) is 5.75 Å². The first-order valence-corrected chi connectivity index (χ1v) is 40.5. The van der Waals surface area contributed by atoms with Gasteiger partial charge in [0.15, 0.2) is 0 Å². The average Bonchev–Trinajstić information content (AvgIpc) is 1.62. The number of aliphatic carboxylic acids is 1. The Morgan fingerprint density at radius 1 is 0.421 bits per heavy atom. The lowest BCUT2D eigenvalue weighted by Gasteiger charge is -2.19. The van der Waals surface area contributed by atoms with Gasteiger partial charge in [0.1, 0.15) is 30.5 Å². The van der Waals surface area contributed by atoms with Crippen molar-refractivity contribution >= 4 is 48.1 Å². The molecule has 0 bridgehead atoms. The van der Waals surface area contributed by atoms with Gasteiger partial charge >= 0.3 is 42.2 Å². The summed E-state index contributed by atoms with van der Waals surface area (Å²) in [6.07, 6.45) is 32.6. The van der Waals surface area contributed by atoms with Gasteiger partial charge in [0.25, 0.3) is 0 Å². The number of carboxylic acids is 1. The van der Waals surface area contributed by atoms with E-state index in [-0.39, 0.29) is 67.4 Å². The zero-order valence-corrected chi connectivity index (χ0v) is 67.8. The van der Waals surface area contributed by atoms with Gasteiger partial charge in [0.2, 0.25) is 40.7 Å². The van der Waals surface area contributed by atoms with Crippen LogP contribution in [0.25, 0.3) is 22.3 Å². The van der Waals surface area contributed by atoms with Crippen molar-refractivity contribution in [1.29, 1.82) is 0 Å². The number of amides is 3. The van der Waals surface area contributed by atoms with Gasteiger partial charge in [0.05, 0.1) is 8.52 Å². The molecule has 19 nitrogen and oxygen atoms in total. The van der Waals surface area contributed by atoms with Crippen molar-refractivity contribution in [2.24, 2.45) is 5.73 Å². The van der Waals surface area contributed by atoms with E-state index in [1.807, 2.05) is 102 Å². The Hall–Kier alpha value is -9.09. The first kappa shape index (κ1) is 97.3. The molecule has 1 atom stereocenters.